The summed E-state index contributed by atoms with van der Waals surface area (Å²) in [5, 5.41) is 3.50. The lowest BCUT2D eigenvalue weighted by Gasteiger charge is -2.14. The van der Waals surface area contributed by atoms with E-state index in [0.717, 1.165) is 30.1 Å². The Morgan fingerprint density at radius 3 is 2.44 bits per heavy atom. The van der Waals surface area contributed by atoms with Crippen LogP contribution in [0.15, 0.2) is 60.8 Å². The van der Waals surface area contributed by atoms with Gasteiger partial charge in [0.2, 0.25) is 10.0 Å². The third-order valence-corrected chi connectivity index (χ3v) is 6.01. The van der Waals surface area contributed by atoms with E-state index in [1.54, 1.807) is 19.3 Å². The van der Waals surface area contributed by atoms with E-state index in [4.69, 9.17) is 4.74 Å². The molecule has 34 heavy (non-hydrogen) atoms. The highest BCUT2D eigenvalue weighted by molar-refractivity contribution is 7.92. The van der Waals surface area contributed by atoms with Crippen molar-refractivity contribution in [1.29, 1.82) is 0 Å². The molecule has 0 aliphatic carbocycles. The van der Waals surface area contributed by atoms with Crippen molar-refractivity contribution in [1.82, 2.24) is 15.2 Å². The van der Waals surface area contributed by atoms with Crippen molar-refractivity contribution in [2.45, 2.75) is 19.3 Å². The van der Waals surface area contributed by atoms with Gasteiger partial charge in [-0.15, -0.1) is 0 Å². The van der Waals surface area contributed by atoms with Gasteiger partial charge in [0.15, 0.2) is 6.61 Å². The molecular formula is C25H32N4O4S. The summed E-state index contributed by atoms with van der Waals surface area (Å²) in [5.74, 6) is 0.467. The van der Waals surface area contributed by atoms with Crippen LogP contribution in [-0.4, -0.2) is 63.8 Å². The number of pyridine rings is 1. The number of sulfonamides is 1. The van der Waals surface area contributed by atoms with E-state index in [2.05, 4.69) is 19.9 Å². The molecule has 1 fully saturated rings. The number of benzene rings is 2. The van der Waals surface area contributed by atoms with E-state index in [0.29, 0.717) is 11.4 Å². The minimum absolute atomic E-state index is 0.00614. The largest absolute Gasteiger partial charge is 0.481 e. The summed E-state index contributed by atoms with van der Waals surface area (Å²) in [4.78, 5) is 17.8. The summed E-state index contributed by atoms with van der Waals surface area (Å²) in [6.07, 6.45) is 6.52. The van der Waals surface area contributed by atoms with Crippen molar-refractivity contribution in [3.63, 3.8) is 0 Å². The van der Waals surface area contributed by atoms with Gasteiger partial charge in [-0.1, -0.05) is 30.3 Å². The van der Waals surface area contributed by atoms with Gasteiger partial charge in [0.25, 0.3) is 5.91 Å². The van der Waals surface area contributed by atoms with E-state index in [1.165, 1.54) is 31.5 Å². The Bertz CT molecular complexity index is 1170. The van der Waals surface area contributed by atoms with Gasteiger partial charge >= 0.3 is 0 Å². The Labute approximate surface area is 201 Å². The number of ether oxygens (including phenoxy) is 1. The van der Waals surface area contributed by atoms with Crippen LogP contribution >= 0.6 is 0 Å². The monoisotopic (exact) mass is 484 g/mol. The number of nitrogens with one attached hydrogen (secondary N) is 2. The SMILES string of the molecule is CNC(=O)COc1cccc2cccnc12.CS(=O)(=O)Nc1ccc(CCN2CCCC2)cc1. The topological polar surface area (TPSA) is 101 Å². The fourth-order valence-electron chi connectivity index (χ4n) is 3.66. The molecule has 1 aliphatic heterocycles. The molecule has 1 amide bonds. The first-order chi connectivity index (χ1) is 16.3. The molecule has 1 saturated heterocycles. The van der Waals surface area contributed by atoms with Gasteiger partial charge in [0.05, 0.1) is 6.26 Å². The van der Waals surface area contributed by atoms with Gasteiger partial charge in [-0.25, -0.2) is 8.42 Å². The Morgan fingerprint density at radius 1 is 1.06 bits per heavy atom. The third kappa shape index (κ3) is 8.31. The van der Waals surface area contributed by atoms with Crippen LogP contribution in [0.1, 0.15) is 18.4 Å². The molecule has 0 radical (unpaired) electrons. The van der Waals surface area contributed by atoms with Crippen LogP contribution in [0, 0.1) is 0 Å². The maximum Gasteiger partial charge on any atom is 0.257 e. The predicted octanol–water partition coefficient (Wildman–Crippen LogP) is 3.06. The van der Waals surface area contributed by atoms with E-state index in [1.807, 2.05) is 48.5 Å². The van der Waals surface area contributed by atoms with Crippen LogP contribution in [0.3, 0.4) is 0 Å². The number of amides is 1. The number of likely N-dealkylation sites (tertiary alicyclic amines) is 1. The predicted molar refractivity (Wildman–Crippen MR) is 136 cm³/mol. The maximum absolute atomic E-state index is 11.1. The molecule has 2 heterocycles. The molecule has 4 rings (SSSR count). The Balaban J connectivity index is 0.000000192. The normalized spacial score (nSPS) is 13.7. The minimum Gasteiger partial charge on any atom is -0.481 e. The first kappa shape index (κ1) is 25.5. The minimum atomic E-state index is -3.17. The van der Waals surface area contributed by atoms with Crippen LogP contribution < -0.4 is 14.8 Å². The first-order valence-electron chi connectivity index (χ1n) is 11.3. The third-order valence-electron chi connectivity index (χ3n) is 5.41. The van der Waals surface area contributed by atoms with Crippen LogP contribution in [0.25, 0.3) is 10.9 Å². The number of fused-ring (bicyclic) bond motifs is 1. The molecule has 1 aliphatic rings. The highest BCUT2D eigenvalue weighted by Crippen LogP contribution is 2.22. The molecule has 0 bridgehead atoms. The summed E-state index contributed by atoms with van der Waals surface area (Å²) in [6.45, 7) is 3.53. The number of carbonyl (C=O) groups excluding carboxylic acids is 1. The molecule has 2 N–H and O–H groups in total. The zero-order valence-corrected chi connectivity index (χ0v) is 20.5. The second-order valence-corrected chi connectivity index (χ2v) is 9.91. The van der Waals surface area contributed by atoms with Crippen LogP contribution in [0.5, 0.6) is 5.75 Å². The molecule has 0 unspecified atom stereocenters. The van der Waals surface area contributed by atoms with Gasteiger partial charge < -0.3 is 15.0 Å². The smallest absolute Gasteiger partial charge is 0.257 e. The number of hydrogen-bond acceptors (Lipinski definition) is 6. The quantitative estimate of drug-likeness (QED) is 0.510. The average Bonchev–Trinajstić information content (AvgIpc) is 3.35. The summed E-state index contributed by atoms with van der Waals surface area (Å²) in [7, 11) is -1.60. The molecule has 182 valence electrons. The van der Waals surface area contributed by atoms with Gasteiger partial charge in [0, 0.05) is 30.9 Å². The van der Waals surface area contributed by atoms with Gasteiger partial charge in [-0.05, 0) is 62.2 Å². The zero-order valence-electron chi connectivity index (χ0n) is 19.7. The molecule has 0 atom stereocenters. The van der Waals surface area contributed by atoms with Crippen molar-refractivity contribution in [2.75, 3.05) is 44.3 Å². The van der Waals surface area contributed by atoms with E-state index >= 15 is 0 Å². The molecule has 0 saturated carbocycles. The second-order valence-electron chi connectivity index (χ2n) is 8.16. The van der Waals surface area contributed by atoms with Crippen molar-refractivity contribution in [2.24, 2.45) is 0 Å². The Hall–Kier alpha value is -3.17. The summed E-state index contributed by atoms with van der Waals surface area (Å²) in [5.41, 5.74) is 2.65. The number of anilines is 1. The zero-order chi connectivity index (χ0) is 24.4. The number of likely N-dealkylation sites (N-methyl/N-ethyl adjacent to an activating group) is 1. The van der Waals surface area contributed by atoms with E-state index in [-0.39, 0.29) is 12.5 Å². The number of hydrogen-bond donors (Lipinski definition) is 2. The van der Waals surface area contributed by atoms with Crippen LogP contribution in [0.4, 0.5) is 5.69 Å². The van der Waals surface area contributed by atoms with Crippen LogP contribution in [-0.2, 0) is 21.2 Å². The molecule has 3 aromatic rings. The van der Waals surface area contributed by atoms with Gasteiger partial charge in [-0.3, -0.25) is 14.5 Å². The lowest BCUT2D eigenvalue weighted by Crippen LogP contribution is -2.24. The molecule has 8 nitrogen and oxygen atoms in total. The van der Waals surface area contributed by atoms with E-state index < -0.39 is 10.0 Å². The lowest BCUT2D eigenvalue weighted by molar-refractivity contribution is -0.122. The number of para-hydroxylation sites is 1. The number of rotatable bonds is 8. The molecule has 2 aromatic carbocycles. The van der Waals surface area contributed by atoms with E-state index in [9.17, 15) is 13.2 Å². The average molecular weight is 485 g/mol. The fourth-order valence-corrected chi connectivity index (χ4v) is 4.22. The second kappa shape index (κ2) is 12.3. The molecule has 0 spiro atoms. The van der Waals surface area contributed by atoms with Crippen molar-refractivity contribution >= 4 is 32.5 Å². The molecule has 1 aromatic heterocycles. The summed E-state index contributed by atoms with van der Waals surface area (Å²) in [6, 6.07) is 17.1. The van der Waals surface area contributed by atoms with Gasteiger partial charge in [-0.2, -0.15) is 0 Å². The maximum atomic E-state index is 11.1. The number of carbonyl (C=O) groups is 1. The summed E-state index contributed by atoms with van der Waals surface area (Å²) < 4.78 is 30.0. The molecule has 9 heteroatoms. The van der Waals surface area contributed by atoms with Gasteiger partial charge in [0.1, 0.15) is 11.3 Å². The summed E-state index contributed by atoms with van der Waals surface area (Å²) >= 11 is 0. The highest BCUT2D eigenvalue weighted by atomic mass is 32.2. The van der Waals surface area contributed by atoms with Crippen molar-refractivity contribution < 1.29 is 17.9 Å². The Kier molecular flexibility index (Phi) is 9.24. The highest BCUT2D eigenvalue weighted by Gasteiger charge is 2.11. The fraction of sp³-hybridized carbons (Fsp3) is 0.360. The number of nitrogens with zero attached hydrogens (tertiary/aromatic N) is 2. The van der Waals surface area contributed by atoms with Crippen molar-refractivity contribution in [3.05, 3.63) is 66.4 Å². The van der Waals surface area contributed by atoms with Crippen LogP contribution in [0.2, 0.25) is 0 Å². The lowest BCUT2D eigenvalue weighted by atomic mass is 10.1. The van der Waals surface area contributed by atoms with Crippen molar-refractivity contribution in [3.8, 4) is 5.75 Å². The standard InChI is InChI=1S/C13H20N2O2S.C12H12N2O2/c1-18(16,17)14-13-6-4-12(5-7-13)8-11-15-9-2-3-10-15;1-13-11(15)8-16-10-6-2-4-9-5-3-7-14-12(9)10/h4-7,14H,2-3,8-11H2,1H3;2-7H,8H2,1H3,(H,13,15). The Morgan fingerprint density at radius 2 is 1.76 bits per heavy atom. The first-order valence-corrected chi connectivity index (χ1v) is 13.2. The molecular weight excluding hydrogens is 452 g/mol. The number of aromatic nitrogens is 1.